The van der Waals surface area contributed by atoms with E-state index in [0.717, 1.165) is 38.5 Å². The maximum atomic E-state index is 12.7. The number of quaternary nitrogens is 1. The number of rotatable bonds is 40. The summed E-state index contributed by atoms with van der Waals surface area (Å²) in [4.78, 5) is 37.5. The van der Waals surface area contributed by atoms with Crippen LogP contribution in [0, 0.1) is 0 Å². The summed E-state index contributed by atoms with van der Waals surface area (Å²) in [5.41, 5.74) is 0. The molecule has 314 valence electrons. The summed E-state index contributed by atoms with van der Waals surface area (Å²) in [5, 5.41) is 0. The number of phosphoric acid groups is 1. The van der Waals surface area contributed by atoms with E-state index >= 15 is 0 Å². The molecule has 0 amide bonds. The molecule has 1 unspecified atom stereocenters. The maximum Gasteiger partial charge on any atom is 0.306 e. The number of esters is 2. The molecule has 0 aliphatic heterocycles. The highest BCUT2D eigenvalue weighted by molar-refractivity contribution is 7.45. The molecule has 9 nitrogen and oxygen atoms in total. The summed E-state index contributed by atoms with van der Waals surface area (Å²) in [5.74, 6) is -0.828. The van der Waals surface area contributed by atoms with Gasteiger partial charge in [0, 0.05) is 12.8 Å². The van der Waals surface area contributed by atoms with Crippen molar-refractivity contribution in [3.05, 3.63) is 12.2 Å². The second kappa shape index (κ2) is 36.4. The van der Waals surface area contributed by atoms with Crippen LogP contribution in [0.2, 0.25) is 0 Å². The Kier molecular flexibility index (Phi) is 35.5. The van der Waals surface area contributed by atoms with Crippen molar-refractivity contribution in [3.63, 3.8) is 0 Å². The topological polar surface area (TPSA) is 111 Å². The molecule has 53 heavy (non-hydrogen) atoms. The van der Waals surface area contributed by atoms with Crippen LogP contribution in [0.4, 0.5) is 0 Å². The zero-order chi connectivity index (χ0) is 39.3. The van der Waals surface area contributed by atoms with E-state index in [-0.39, 0.29) is 32.0 Å². The molecule has 0 saturated heterocycles. The van der Waals surface area contributed by atoms with Crippen molar-refractivity contribution in [2.75, 3.05) is 47.5 Å². The van der Waals surface area contributed by atoms with E-state index in [1.807, 2.05) is 21.1 Å². The van der Waals surface area contributed by atoms with Crippen molar-refractivity contribution in [2.24, 2.45) is 0 Å². The molecule has 0 aromatic carbocycles. The molecule has 0 fully saturated rings. The lowest BCUT2D eigenvalue weighted by atomic mass is 10.0. The number of carbonyl (C=O) groups excluding carboxylic acids is 2. The number of nitrogens with zero attached hydrogens (tertiary/aromatic N) is 1. The van der Waals surface area contributed by atoms with Gasteiger partial charge in [0.2, 0.25) is 0 Å². The fourth-order valence-electron chi connectivity index (χ4n) is 6.05. The first kappa shape index (κ1) is 51.8. The van der Waals surface area contributed by atoms with Gasteiger partial charge in [-0.25, -0.2) is 0 Å². The highest BCUT2D eigenvalue weighted by Gasteiger charge is 2.21. The molecule has 0 aliphatic rings. The Hall–Kier alpha value is -1.25. The molecule has 0 spiro atoms. The van der Waals surface area contributed by atoms with Crippen LogP contribution in [0.15, 0.2) is 12.2 Å². The SMILES string of the molecule is CCCC/C=C/CCCCCCCCCCCC(=O)O[C@H](COC(=O)CCCCCCCCCCCCCCCC)COP(=O)([O-])OCC[N+](C)(C)C. The van der Waals surface area contributed by atoms with Gasteiger partial charge in [0.25, 0.3) is 7.82 Å². The van der Waals surface area contributed by atoms with Crippen molar-refractivity contribution in [2.45, 2.75) is 206 Å². The normalized spacial score (nSPS) is 13.7. The van der Waals surface area contributed by atoms with Crippen LogP contribution in [0.5, 0.6) is 0 Å². The number of hydrogen-bond acceptors (Lipinski definition) is 8. The van der Waals surface area contributed by atoms with Crippen molar-refractivity contribution >= 4 is 19.8 Å². The summed E-state index contributed by atoms with van der Waals surface area (Å²) in [6.07, 6.45) is 36.5. The van der Waals surface area contributed by atoms with Gasteiger partial charge in [-0.15, -0.1) is 0 Å². The van der Waals surface area contributed by atoms with Crippen LogP contribution in [0.1, 0.15) is 200 Å². The minimum atomic E-state index is -4.62. The summed E-state index contributed by atoms with van der Waals surface area (Å²) in [6, 6.07) is 0. The lowest BCUT2D eigenvalue weighted by molar-refractivity contribution is -0.870. The van der Waals surface area contributed by atoms with Gasteiger partial charge in [0.15, 0.2) is 6.10 Å². The second-order valence-corrected chi connectivity index (χ2v) is 17.5. The first-order valence-electron chi connectivity index (χ1n) is 21.9. The molecular formula is C43H84NO8P. The van der Waals surface area contributed by atoms with E-state index in [2.05, 4.69) is 26.0 Å². The van der Waals surface area contributed by atoms with Gasteiger partial charge in [-0.05, 0) is 32.1 Å². The molecule has 0 rings (SSSR count). The highest BCUT2D eigenvalue weighted by atomic mass is 31.2. The van der Waals surface area contributed by atoms with Crippen LogP contribution >= 0.6 is 7.82 Å². The Bertz CT molecular complexity index is 922. The number of hydrogen-bond donors (Lipinski definition) is 0. The summed E-state index contributed by atoms with van der Waals surface area (Å²) in [7, 11) is 1.17. The molecule has 0 radical (unpaired) electrons. The third-order valence-electron chi connectivity index (χ3n) is 9.54. The largest absolute Gasteiger partial charge is 0.756 e. The zero-order valence-corrected chi connectivity index (χ0v) is 36.1. The molecule has 0 bridgehead atoms. The maximum absolute atomic E-state index is 12.7. The van der Waals surface area contributed by atoms with E-state index in [9.17, 15) is 19.0 Å². The third kappa shape index (κ3) is 40.2. The van der Waals surface area contributed by atoms with Crippen molar-refractivity contribution < 1.29 is 42.1 Å². The Labute approximate surface area is 326 Å². The third-order valence-corrected chi connectivity index (χ3v) is 10.5. The quantitative estimate of drug-likeness (QED) is 0.0199. The van der Waals surface area contributed by atoms with Crippen molar-refractivity contribution in [3.8, 4) is 0 Å². The number of allylic oxidation sites excluding steroid dienone is 2. The fourth-order valence-corrected chi connectivity index (χ4v) is 6.78. The summed E-state index contributed by atoms with van der Waals surface area (Å²) in [6.45, 7) is 4.21. The first-order chi connectivity index (χ1) is 25.5. The highest BCUT2D eigenvalue weighted by Crippen LogP contribution is 2.38. The van der Waals surface area contributed by atoms with Gasteiger partial charge in [-0.1, -0.05) is 167 Å². The number of likely N-dealkylation sites (N-methyl/N-ethyl adjacent to an activating group) is 1. The molecule has 2 atom stereocenters. The van der Waals surface area contributed by atoms with Crippen LogP contribution in [-0.2, 0) is 32.7 Å². The van der Waals surface area contributed by atoms with Crippen molar-refractivity contribution in [1.29, 1.82) is 0 Å². The lowest BCUT2D eigenvalue weighted by Crippen LogP contribution is -2.37. The minimum absolute atomic E-state index is 0.0281. The van der Waals surface area contributed by atoms with E-state index in [4.69, 9.17) is 18.5 Å². The first-order valence-corrected chi connectivity index (χ1v) is 23.4. The van der Waals surface area contributed by atoms with Gasteiger partial charge in [0.05, 0.1) is 27.7 Å². The van der Waals surface area contributed by atoms with E-state index in [0.29, 0.717) is 17.4 Å². The smallest absolute Gasteiger partial charge is 0.306 e. The number of ether oxygens (including phenoxy) is 2. The summed E-state index contributed by atoms with van der Waals surface area (Å²) >= 11 is 0. The predicted octanol–water partition coefficient (Wildman–Crippen LogP) is 11.6. The fraction of sp³-hybridized carbons (Fsp3) is 0.907. The Morgan fingerprint density at radius 3 is 1.45 bits per heavy atom. The Morgan fingerprint density at radius 2 is 0.981 bits per heavy atom. The van der Waals surface area contributed by atoms with Crippen LogP contribution in [-0.4, -0.2) is 70.0 Å². The molecular weight excluding hydrogens is 689 g/mol. The average molecular weight is 774 g/mol. The van der Waals surface area contributed by atoms with Crippen LogP contribution in [0.25, 0.3) is 0 Å². The van der Waals surface area contributed by atoms with Gasteiger partial charge < -0.3 is 27.9 Å². The zero-order valence-electron chi connectivity index (χ0n) is 35.2. The number of phosphoric ester groups is 1. The predicted molar refractivity (Wildman–Crippen MR) is 218 cm³/mol. The lowest BCUT2D eigenvalue weighted by Gasteiger charge is -2.28. The number of carbonyl (C=O) groups is 2. The molecule has 10 heteroatoms. The molecule has 0 heterocycles. The van der Waals surface area contributed by atoms with Crippen LogP contribution in [0.3, 0.4) is 0 Å². The molecule has 0 saturated carbocycles. The Balaban J connectivity index is 4.34. The van der Waals surface area contributed by atoms with Crippen LogP contribution < -0.4 is 4.89 Å². The summed E-state index contributed by atoms with van der Waals surface area (Å²) < 4.78 is 33.9. The van der Waals surface area contributed by atoms with E-state index in [1.165, 1.54) is 128 Å². The molecule has 0 aliphatic carbocycles. The van der Waals surface area contributed by atoms with Gasteiger partial charge in [-0.3, -0.25) is 14.2 Å². The van der Waals surface area contributed by atoms with Crippen molar-refractivity contribution in [1.82, 2.24) is 0 Å². The molecule has 0 aromatic heterocycles. The second-order valence-electron chi connectivity index (χ2n) is 16.1. The van der Waals surface area contributed by atoms with Gasteiger partial charge >= 0.3 is 11.9 Å². The average Bonchev–Trinajstić information content (AvgIpc) is 3.10. The minimum Gasteiger partial charge on any atom is -0.756 e. The number of unbranched alkanes of at least 4 members (excludes halogenated alkanes) is 24. The Morgan fingerprint density at radius 1 is 0.566 bits per heavy atom. The van der Waals surface area contributed by atoms with Gasteiger partial charge in [-0.2, -0.15) is 0 Å². The van der Waals surface area contributed by atoms with E-state index < -0.39 is 26.5 Å². The van der Waals surface area contributed by atoms with E-state index in [1.54, 1.807) is 0 Å². The molecule has 0 aromatic rings. The standard InChI is InChI=1S/C43H84NO8P/c1-6-8-10-12-14-16-18-20-22-24-26-28-30-32-34-36-43(46)52-41(40-51-53(47,48)50-38-37-44(3,4)5)39-49-42(45)35-33-31-29-27-25-23-21-19-17-15-13-11-9-7-2/h12,14,41H,6-11,13,15-40H2,1-5H3/b14-12+/t41-/m1/s1. The van der Waals surface area contributed by atoms with Gasteiger partial charge in [0.1, 0.15) is 19.8 Å². The monoisotopic (exact) mass is 774 g/mol. The molecule has 0 N–H and O–H groups in total.